The van der Waals surface area contributed by atoms with E-state index in [0.29, 0.717) is 136 Å². The number of nitrogens with zero attached hydrogens (tertiary/aromatic N) is 13. The minimum absolute atomic E-state index is 0.00266. The summed E-state index contributed by atoms with van der Waals surface area (Å²) in [5.41, 5.74) is 5.56. The van der Waals surface area contributed by atoms with E-state index in [1.54, 1.807) is 47.3 Å². The lowest BCUT2D eigenvalue weighted by Gasteiger charge is -2.36. The van der Waals surface area contributed by atoms with E-state index in [9.17, 15) is 43.2 Å². The molecule has 4 saturated heterocycles. The Balaban J connectivity index is 1.69. The molecule has 0 aliphatic carbocycles. The molecule has 0 unspecified atom stereocenters. The molecule has 0 aromatic rings. The van der Waals surface area contributed by atoms with Crippen LogP contribution in [0.1, 0.15) is 199 Å². The first-order chi connectivity index (χ1) is 48.0. The summed E-state index contributed by atoms with van der Waals surface area (Å²) < 4.78 is 0. The van der Waals surface area contributed by atoms with Crippen LogP contribution in [0.5, 0.6) is 0 Å². The number of hydrogen-bond acceptors (Lipinski definition) is 15. The van der Waals surface area contributed by atoms with E-state index in [2.05, 4.69) is 5.32 Å². The molecule has 0 aromatic carbocycles. The van der Waals surface area contributed by atoms with Gasteiger partial charge < -0.3 is 74.7 Å². The molecule has 4 heterocycles. The molecule has 101 heavy (non-hydrogen) atoms. The van der Waals surface area contributed by atoms with Gasteiger partial charge in [-0.3, -0.25) is 67.1 Å². The fraction of sp³-hybridized carbons (Fsp3) is 0.806. The van der Waals surface area contributed by atoms with Crippen molar-refractivity contribution < 1.29 is 67.1 Å². The van der Waals surface area contributed by atoms with Crippen molar-refractivity contribution in [1.82, 2.24) is 69.0 Å². The first-order valence-electron chi connectivity index (χ1n) is 37.7. The first-order valence-corrected chi connectivity index (χ1v) is 37.7. The molecule has 4 aliphatic heterocycles. The lowest BCUT2D eigenvalue weighted by molar-refractivity contribution is -0.151. The monoisotopic (exact) mass is 1420 g/mol. The van der Waals surface area contributed by atoms with E-state index in [0.717, 1.165) is 6.42 Å². The predicted molar refractivity (Wildman–Crippen MR) is 382 cm³/mol. The van der Waals surface area contributed by atoms with Crippen LogP contribution in [-0.4, -0.2) is 327 Å². The van der Waals surface area contributed by atoms with Gasteiger partial charge in [0.25, 0.3) is 0 Å². The van der Waals surface area contributed by atoms with Gasteiger partial charge in [-0.05, 0) is 131 Å². The van der Waals surface area contributed by atoms with E-state index in [1.807, 2.05) is 55.4 Å². The SMILES string of the molecule is CC[C@@H](C)NCC(=O)N(CC(=O)N(CCCN1CCCC1=O)CC(=O)N(CCCN1CCCC1=O)CC(=O)N(CC(=O)N(CC(=O)N(CCCN1CCCC1=O)CC(=O)N(CCCN1CCCC1=O)CC(=O)N(CC(=O)N(CC(N)=O)[C@H](C)CC)[C@H](C)CC)[C@H](C)CC)[C@H](C)CC)[C@H](C)CC. The van der Waals surface area contributed by atoms with Crippen LogP contribution in [0, 0.1) is 0 Å². The van der Waals surface area contributed by atoms with Crippen molar-refractivity contribution in [2.45, 2.75) is 235 Å². The number of carbonyl (C=O) groups is 14. The number of primary amides is 1. The number of likely N-dealkylation sites (tertiary alicyclic amines) is 4. The summed E-state index contributed by atoms with van der Waals surface area (Å²) >= 11 is 0. The molecule has 0 spiro atoms. The lowest BCUT2D eigenvalue weighted by atomic mass is 10.1. The molecule has 6 atom stereocenters. The summed E-state index contributed by atoms with van der Waals surface area (Å²) in [6, 6.07) is -2.30. The van der Waals surface area contributed by atoms with E-state index in [4.69, 9.17) is 5.73 Å². The average molecular weight is 1420 g/mol. The Morgan fingerprint density at radius 1 is 0.337 bits per heavy atom. The summed E-state index contributed by atoms with van der Waals surface area (Å²) in [7, 11) is 0. The second kappa shape index (κ2) is 44.1. The molecule has 4 fully saturated rings. The molecule has 0 radical (unpaired) electrons. The molecule has 0 aromatic heterocycles. The zero-order valence-electron chi connectivity index (χ0n) is 63.4. The van der Waals surface area contributed by atoms with Crippen LogP contribution in [0.25, 0.3) is 0 Å². The van der Waals surface area contributed by atoms with Crippen molar-refractivity contribution in [1.29, 1.82) is 0 Å². The molecule has 29 nitrogen and oxygen atoms in total. The fourth-order valence-electron chi connectivity index (χ4n) is 13.0. The van der Waals surface area contributed by atoms with E-state index < -0.39 is 117 Å². The number of hydrogen-bond donors (Lipinski definition) is 2. The Morgan fingerprint density at radius 2 is 0.564 bits per heavy atom. The van der Waals surface area contributed by atoms with Gasteiger partial charge in [-0.1, -0.05) is 41.5 Å². The Morgan fingerprint density at radius 3 is 0.802 bits per heavy atom. The average Bonchev–Trinajstić information content (AvgIpc) is 1.83. The Kier molecular flexibility index (Phi) is 37.6. The quantitative estimate of drug-likeness (QED) is 0.0884. The molecule has 572 valence electrons. The normalized spacial score (nSPS) is 16.4. The molecule has 29 heteroatoms. The maximum Gasteiger partial charge on any atom is 0.242 e. The smallest absolute Gasteiger partial charge is 0.242 e. The van der Waals surface area contributed by atoms with Crippen LogP contribution >= 0.6 is 0 Å². The van der Waals surface area contributed by atoms with Crippen LogP contribution in [0.3, 0.4) is 0 Å². The topological polar surface area (TPSA) is 319 Å². The third kappa shape index (κ3) is 27.7. The van der Waals surface area contributed by atoms with Gasteiger partial charge >= 0.3 is 0 Å². The number of amides is 14. The van der Waals surface area contributed by atoms with Crippen molar-refractivity contribution in [3.05, 3.63) is 0 Å². The van der Waals surface area contributed by atoms with Gasteiger partial charge in [0.2, 0.25) is 82.7 Å². The highest BCUT2D eigenvalue weighted by Crippen LogP contribution is 2.19. The Bertz CT molecular complexity index is 2790. The zero-order valence-corrected chi connectivity index (χ0v) is 63.4. The van der Waals surface area contributed by atoms with Gasteiger partial charge in [-0.2, -0.15) is 0 Å². The lowest BCUT2D eigenvalue weighted by Crippen LogP contribution is -2.55. The molecule has 4 rings (SSSR count). The number of nitrogens with two attached hydrogens (primary N) is 1. The standard InChI is InChI=1S/C72H125N15O14/c1-13-53(7)74-43-64(93)84(55(9)15-3)49-67(96)79(39-23-35-75-31-19-27-60(75)89)45-65(94)82(42-26-38-78-34-22-30-63(78)92)48-70(99)87(58(12)18-6)52-72(101)85(56(10)16-4)50-68(97)80(40-24-36-76-32-20-28-61(76)90)46-66(95)81(41-25-37-77-33-21-29-62(77)91)47-69(98)86(57(11)17-5)51-71(100)83(44-59(73)88)54(8)14-2/h53-58,74H,13-52H2,1-12H3,(H2,73,88)/t53-,54-,55-,56-,57-,58-/m1/s1. The van der Waals surface area contributed by atoms with Gasteiger partial charge in [0.15, 0.2) is 0 Å². The van der Waals surface area contributed by atoms with Crippen molar-refractivity contribution in [3.8, 4) is 0 Å². The summed E-state index contributed by atoms with van der Waals surface area (Å²) in [5.74, 6) is -5.66. The molecular weight excluding hydrogens is 1300 g/mol. The molecule has 4 aliphatic rings. The third-order valence-corrected chi connectivity index (χ3v) is 20.8. The highest BCUT2D eigenvalue weighted by atomic mass is 16.2. The van der Waals surface area contributed by atoms with E-state index in [1.165, 1.54) is 44.1 Å². The molecular formula is C72H125N15O14. The highest BCUT2D eigenvalue weighted by molar-refractivity contribution is 5.95. The van der Waals surface area contributed by atoms with Crippen molar-refractivity contribution in [2.75, 3.05) is 144 Å². The zero-order chi connectivity index (χ0) is 75.0. The summed E-state index contributed by atoms with van der Waals surface area (Å²) in [5, 5.41) is 3.22. The minimum Gasteiger partial charge on any atom is -0.368 e. The van der Waals surface area contributed by atoms with E-state index >= 15 is 24.0 Å². The molecule has 0 saturated carbocycles. The van der Waals surface area contributed by atoms with Crippen molar-refractivity contribution in [2.24, 2.45) is 5.73 Å². The molecule has 3 N–H and O–H groups in total. The number of carbonyl (C=O) groups excluding carboxylic acids is 14. The number of nitrogens with one attached hydrogen (secondary N) is 1. The Labute approximate surface area is 601 Å². The summed E-state index contributed by atoms with van der Waals surface area (Å²) in [6.45, 7) is 21.5. The van der Waals surface area contributed by atoms with Crippen LogP contribution in [0.2, 0.25) is 0 Å². The second-order valence-electron chi connectivity index (χ2n) is 28.2. The summed E-state index contributed by atoms with van der Waals surface area (Å²) in [4.78, 5) is 215. The largest absolute Gasteiger partial charge is 0.368 e. The van der Waals surface area contributed by atoms with Gasteiger partial charge in [0.05, 0.1) is 39.3 Å². The highest BCUT2D eigenvalue weighted by Gasteiger charge is 2.36. The fourth-order valence-corrected chi connectivity index (χ4v) is 13.0. The van der Waals surface area contributed by atoms with Gasteiger partial charge in [-0.15, -0.1) is 0 Å². The van der Waals surface area contributed by atoms with Crippen molar-refractivity contribution >= 4 is 82.7 Å². The second-order valence-corrected chi connectivity index (χ2v) is 28.2. The predicted octanol–water partition coefficient (Wildman–Crippen LogP) is 2.36. The van der Waals surface area contributed by atoms with Crippen LogP contribution in [-0.2, 0) is 67.1 Å². The molecule has 0 bridgehead atoms. The minimum atomic E-state index is -0.717. The van der Waals surface area contributed by atoms with Gasteiger partial charge in [0, 0.05) is 140 Å². The maximum absolute atomic E-state index is 15.2. The first kappa shape index (κ1) is 85.9. The Hall–Kier alpha value is -7.46. The van der Waals surface area contributed by atoms with Crippen LogP contribution < -0.4 is 11.1 Å². The van der Waals surface area contributed by atoms with Crippen molar-refractivity contribution in [3.63, 3.8) is 0 Å². The summed E-state index contributed by atoms with van der Waals surface area (Å²) in [6.07, 6.45) is 8.56. The number of rotatable bonds is 48. The van der Waals surface area contributed by atoms with Crippen LogP contribution in [0.4, 0.5) is 0 Å². The van der Waals surface area contributed by atoms with Gasteiger partial charge in [-0.25, -0.2) is 0 Å². The molecule has 14 amide bonds. The van der Waals surface area contributed by atoms with Crippen LogP contribution in [0.15, 0.2) is 0 Å². The van der Waals surface area contributed by atoms with E-state index in [-0.39, 0.29) is 119 Å². The third-order valence-electron chi connectivity index (χ3n) is 20.8. The maximum atomic E-state index is 15.2. The van der Waals surface area contributed by atoms with Gasteiger partial charge in [0.1, 0.15) is 26.2 Å².